The number of hydrogen-bond acceptors (Lipinski definition) is 6. The van der Waals surface area contributed by atoms with Gasteiger partial charge in [-0.15, -0.1) is 11.3 Å². The minimum absolute atomic E-state index is 0.00321. The quantitative estimate of drug-likeness (QED) is 0.737. The maximum absolute atomic E-state index is 12.3. The number of aromatic nitrogens is 1. The van der Waals surface area contributed by atoms with Gasteiger partial charge in [-0.05, 0) is 38.5 Å². The van der Waals surface area contributed by atoms with E-state index in [9.17, 15) is 9.59 Å². The van der Waals surface area contributed by atoms with E-state index in [1.807, 2.05) is 10.3 Å². The molecule has 0 aromatic carbocycles. The number of rotatable bonds is 6. The molecule has 0 aliphatic carbocycles. The van der Waals surface area contributed by atoms with E-state index in [-0.39, 0.29) is 23.8 Å². The fourth-order valence-electron chi connectivity index (χ4n) is 3.40. The Hall–Kier alpha value is -1.67. The summed E-state index contributed by atoms with van der Waals surface area (Å²) in [6.45, 7) is 2.62. The Bertz CT molecular complexity index is 592. The molecule has 3 rings (SSSR count). The van der Waals surface area contributed by atoms with Gasteiger partial charge in [-0.3, -0.25) is 9.59 Å². The summed E-state index contributed by atoms with van der Waals surface area (Å²) in [5, 5.41) is 5.55. The summed E-state index contributed by atoms with van der Waals surface area (Å²) in [6, 6.07) is 0. The molecule has 138 valence electrons. The minimum Gasteiger partial charge on any atom is -0.375 e. The summed E-state index contributed by atoms with van der Waals surface area (Å²) >= 11 is 1.44. The molecular weight excluding hydrogens is 340 g/mol. The number of thiazole rings is 1. The number of anilines is 1. The van der Waals surface area contributed by atoms with Crippen LogP contribution < -0.4 is 11.1 Å². The predicted octanol–water partition coefficient (Wildman–Crippen LogP) is 1.19. The molecule has 0 bridgehead atoms. The average Bonchev–Trinajstić information content (AvgIpc) is 3.30. The van der Waals surface area contributed by atoms with Gasteiger partial charge in [0, 0.05) is 37.5 Å². The third-order valence-electron chi connectivity index (χ3n) is 4.86. The molecule has 2 fully saturated rings. The van der Waals surface area contributed by atoms with E-state index in [0.29, 0.717) is 31.4 Å². The molecule has 2 aliphatic rings. The van der Waals surface area contributed by atoms with Gasteiger partial charge in [-0.25, -0.2) is 4.98 Å². The molecule has 1 aromatic rings. The van der Waals surface area contributed by atoms with Crippen LogP contribution in [0.25, 0.3) is 0 Å². The first-order chi connectivity index (χ1) is 12.1. The van der Waals surface area contributed by atoms with Gasteiger partial charge in [0.2, 0.25) is 5.91 Å². The molecular formula is C17H26N4O3S. The summed E-state index contributed by atoms with van der Waals surface area (Å²) in [7, 11) is 0. The number of amides is 2. The van der Waals surface area contributed by atoms with E-state index in [1.54, 1.807) is 0 Å². The van der Waals surface area contributed by atoms with Crippen molar-refractivity contribution in [2.75, 3.05) is 32.0 Å². The van der Waals surface area contributed by atoms with Gasteiger partial charge in [-0.1, -0.05) is 0 Å². The summed E-state index contributed by atoms with van der Waals surface area (Å²) < 4.78 is 5.46. The second-order valence-electron chi connectivity index (χ2n) is 6.67. The number of nitrogens with zero attached hydrogens (tertiary/aromatic N) is 2. The maximum atomic E-state index is 12.3. The number of nitrogen functional groups attached to an aromatic ring is 1. The van der Waals surface area contributed by atoms with Crippen molar-refractivity contribution in [3.63, 3.8) is 0 Å². The zero-order valence-electron chi connectivity index (χ0n) is 14.4. The molecule has 8 heteroatoms. The number of piperidine rings is 1. The number of aryl methyl sites for hydroxylation is 1. The van der Waals surface area contributed by atoms with Crippen molar-refractivity contribution in [2.24, 2.45) is 5.92 Å². The van der Waals surface area contributed by atoms with Gasteiger partial charge < -0.3 is 20.7 Å². The van der Waals surface area contributed by atoms with Crippen LogP contribution in [0, 0.1) is 5.92 Å². The van der Waals surface area contributed by atoms with Crippen LogP contribution in [-0.4, -0.2) is 54.0 Å². The lowest BCUT2D eigenvalue weighted by Gasteiger charge is -2.32. The van der Waals surface area contributed by atoms with Crippen molar-refractivity contribution in [3.8, 4) is 0 Å². The number of likely N-dealkylation sites (tertiary alicyclic amines) is 1. The largest absolute Gasteiger partial charge is 0.375 e. The Balaban J connectivity index is 1.33. The first-order valence-corrected chi connectivity index (χ1v) is 9.89. The van der Waals surface area contributed by atoms with E-state index in [2.05, 4.69) is 10.3 Å². The van der Waals surface area contributed by atoms with Crippen LogP contribution >= 0.6 is 11.3 Å². The molecule has 25 heavy (non-hydrogen) atoms. The average molecular weight is 366 g/mol. The van der Waals surface area contributed by atoms with Crippen LogP contribution in [0.3, 0.4) is 0 Å². The van der Waals surface area contributed by atoms with Crippen LogP contribution in [0.5, 0.6) is 0 Å². The monoisotopic (exact) mass is 366 g/mol. The lowest BCUT2D eigenvalue weighted by molar-refractivity contribution is -0.143. The third-order valence-corrected chi connectivity index (χ3v) is 5.58. The fourth-order valence-corrected chi connectivity index (χ4v) is 4.00. The SMILES string of the molecule is Nc1nc(CCCNC(=O)C2CCN(C(=O)[C@@H]3CCCO3)CC2)cs1. The maximum Gasteiger partial charge on any atom is 0.251 e. The molecule has 0 saturated carbocycles. The van der Waals surface area contributed by atoms with Gasteiger partial charge in [0.15, 0.2) is 5.13 Å². The lowest BCUT2D eigenvalue weighted by Crippen LogP contribution is -2.46. The van der Waals surface area contributed by atoms with E-state index in [0.717, 1.165) is 44.2 Å². The Morgan fingerprint density at radius 2 is 2.16 bits per heavy atom. The molecule has 2 amide bonds. The standard InChI is InChI=1S/C17H26N4O3S/c18-17-20-13(11-25-17)3-1-7-19-15(22)12-5-8-21(9-6-12)16(23)14-4-2-10-24-14/h11-12,14H,1-10H2,(H2,18,20)(H,19,22)/t14-/m0/s1. The molecule has 0 radical (unpaired) electrons. The molecule has 0 unspecified atom stereocenters. The number of nitrogens with two attached hydrogens (primary N) is 1. The lowest BCUT2D eigenvalue weighted by atomic mass is 9.95. The van der Waals surface area contributed by atoms with Crippen molar-refractivity contribution >= 4 is 28.3 Å². The number of nitrogens with one attached hydrogen (secondary N) is 1. The summed E-state index contributed by atoms with van der Waals surface area (Å²) in [5.74, 6) is 0.198. The number of ether oxygens (including phenoxy) is 1. The van der Waals surface area contributed by atoms with E-state index in [4.69, 9.17) is 10.5 Å². The first kappa shape index (κ1) is 18.1. The van der Waals surface area contributed by atoms with E-state index < -0.39 is 0 Å². The molecule has 1 atom stereocenters. The fraction of sp³-hybridized carbons (Fsp3) is 0.706. The highest BCUT2D eigenvalue weighted by atomic mass is 32.1. The van der Waals surface area contributed by atoms with Crippen molar-refractivity contribution in [1.82, 2.24) is 15.2 Å². The Morgan fingerprint density at radius 3 is 2.80 bits per heavy atom. The minimum atomic E-state index is -0.259. The highest BCUT2D eigenvalue weighted by Crippen LogP contribution is 2.21. The summed E-state index contributed by atoms with van der Waals surface area (Å²) in [5.41, 5.74) is 6.59. The van der Waals surface area contributed by atoms with Crippen LogP contribution in [0.2, 0.25) is 0 Å². The predicted molar refractivity (Wildman–Crippen MR) is 96.1 cm³/mol. The van der Waals surface area contributed by atoms with Gasteiger partial charge in [0.1, 0.15) is 6.10 Å². The molecule has 1 aromatic heterocycles. The van der Waals surface area contributed by atoms with Crippen LogP contribution in [-0.2, 0) is 20.7 Å². The Morgan fingerprint density at radius 1 is 1.36 bits per heavy atom. The van der Waals surface area contributed by atoms with Gasteiger partial charge in [-0.2, -0.15) is 0 Å². The number of carbonyl (C=O) groups is 2. The topological polar surface area (TPSA) is 97.5 Å². The highest BCUT2D eigenvalue weighted by molar-refractivity contribution is 7.13. The number of hydrogen-bond donors (Lipinski definition) is 2. The van der Waals surface area contributed by atoms with E-state index >= 15 is 0 Å². The zero-order chi connectivity index (χ0) is 17.6. The molecule has 3 N–H and O–H groups in total. The molecule has 2 saturated heterocycles. The molecule has 0 spiro atoms. The Kier molecular flexibility index (Phi) is 6.25. The van der Waals surface area contributed by atoms with Crippen LogP contribution in [0.4, 0.5) is 5.13 Å². The van der Waals surface area contributed by atoms with Gasteiger partial charge in [0.05, 0.1) is 5.69 Å². The molecule has 7 nitrogen and oxygen atoms in total. The molecule has 2 aliphatic heterocycles. The van der Waals surface area contributed by atoms with Gasteiger partial charge >= 0.3 is 0 Å². The van der Waals surface area contributed by atoms with Crippen molar-refractivity contribution < 1.29 is 14.3 Å². The molecule has 3 heterocycles. The first-order valence-electron chi connectivity index (χ1n) is 9.01. The van der Waals surface area contributed by atoms with Gasteiger partial charge in [0.25, 0.3) is 5.91 Å². The normalized spacial score (nSPS) is 21.4. The smallest absolute Gasteiger partial charge is 0.251 e. The number of carbonyl (C=O) groups excluding carboxylic acids is 2. The van der Waals surface area contributed by atoms with Crippen LogP contribution in [0.15, 0.2) is 5.38 Å². The second kappa shape index (κ2) is 8.62. The summed E-state index contributed by atoms with van der Waals surface area (Å²) in [4.78, 5) is 30.6. The van der Waals surface area contributed by atoms with Crippen molar-refractivity contribution in [1.29, 1.82) is 0 Å². The summed E-state index contributed by atoms with van der Waals surface area (Å²) in [6.07, 6.45) is 4.66. The van der Waals surface area contributed by atoms with Crippen LogP contribution in [0.1, 0.15) is 37.8 Å². The van der Waals surface area contributed by atoms with Crippen molar-refractivity contribution in [3.05, 3.63) is 11.1 Å². The second-order valence-corrected chi connectivity index (χ2v) is 7.56. The van der Waals surface area contributed by atoms with Crippen molar-refractivity contribution in [2.45, 2.75) is 44.6 Å². The third kappa shape index (κ3) is 4.92. The Labute approximate surface area is 151 Å². The highest BCUT2D eigenvalue weighted by Gasteiger charge is 2.32. The van der Waals surface area contributed by atoms with E-state index in [1.165, 1.54) is 11.3 Å². The zero-order valence-corrected chi connectivity index (χ0v) is 15.2.